The largest absolute Gasteiger partial charge is 0.466 e. The van der Waals surface area contributed by atoms with Crippen LogP contribution in [0.3, 0.4) is 0 Å². The quantitative estimate of drug-likeness (QED) is 0.750. The average Bonchev–Trinajstić information content (AvgIpc) is 2.48. The van der Waals surface area contributed by atoms with Gasteiger partial charge in [0, 0.05) is 18.7 Å². The fraction of sp³-hybridized carbons (Fsp3) is 0.583. The first-order valence-electron chi connectivity index (χ1n) is 5.53. The summed E-state index contributed by atoms with van der Waals surface area (Å²) in [6.45, 7) is 6.28. The van der Waals surface area contributed by atoms with Gasteiger partial charge in [0.1, 0.15) is 11.5 Å². The van der Waals surface area contributed by atoms with Crippen LogP contribution < -0.4 is 5.32 Å². The highest BCUT2D eigenvalue weighted by Crippen LogP contribution is 2.20. The first-order chi connectivity index (χ1) is 7.57. The Morgan fingerprint density at radius 1 is 1.25 bits per heavy atom. The molecule has 0 spiro atoms. The molecule has 0 atom stereocenters. The number of carbonyl (C=O) groups is 1. The van der Waals surface area contributed by atoms with E-state index in [0.717, 1.165) is 17.7 Å². The number of rotatable bonds is 5. The van der Waals surface area contributed by atoms with Gasteiger partial charge < -0.3 is 14.8 Å². The molecule has 0 aliphatic rings. The zero-order valence-electron chi connectivity index (χ0n) is 10.1. The number of nitrogens with one attached hydrogen (secondary N) is 1. The van der Waals surface area contributed by atoms with Crippen LogP contribution in [-0.2, 0) is 0 Å². The van der Waals surface area contributed by atoms with Crippen molar-refractivity contribution in [2.45, 2.75) is 33.6 Å². The van der Waals surface area contributed by atoms with Crippen molar-refractivity contribution in [1.29, 1.82) is 0 Å². The maximum absolute atomic E-state index is 11.8. The monoisotopic (exact) mass is 225 g/mol. The molecule has 0 aliphatic carbocycles. The number of furan rings is 1. The summed E-state index contributed by atoms with van der Waals surface area (Å²) in [6, 6.07) is 0. The van der Waals surface area contributed by atoms with Gasteiger partial charge in [0.2, 0.25) is 0 Å². The minimum absolute atomic E-state index is 0.0928. The summed E-state index contributed by atoms with van der Waals surface area (Å²) in [4.78, 5) is 11.8. The Labute approximate surface area is 95.7 Å². The molecule has 16 heavy (non-hydrogen) atoms. The Hall–Kier alpha value is -1.29. The molecule has 0 bridgehead atoms. The fourth-order valence-electron chi connectivity index (χ4n) is 1.65. The van der Waals surface area contributed by atoms with Crippen molar-refractivity contribution in [2.24, 2.45) is 0 Å². The van der Waals surface area contributed by atoms with Crippen LogP contribution in [0.2, 0.25) is 0 Å². The van der Waals surface area contributed by atoms with Crippen LogP contribution in [0, 0.1) is 20.8 Å². The Bertz CT molecular complexity index is 369. The van der Waals surface area contributed by atoms with Crippen LogP contribution in [0.15, 0.2) is 4.42 Å². The lowest BCUT2D eigenvalue weighted by atomic mass is 10.1. The number of hydrogen-bond donors (Lipinski definition) is 2. The second-order valence-corrected chi connectivity index (χ2v) is 3.90. The van der Waals surface area contributed by atoms with Gasteiger partial charge in [-0.3, -0.25) is 4.79 Å². The molecule has 0 saturated carbocycles. The van der Waals surface area contributed by atoms with Gasteiger partial charge in [-0.1, -0.05) is 0 Å². The van der Waals surface area contributed by atoms with Gasteiger partial charge in [-0.15, -0.1) is 0 Å². The standard InChI is InChI=1S/C12H19NO3/c1-8-9(2)16-10(3)11(8)12(15)13-6-4-5-7-14/h14H,4-7H2,1-3H3,(H,13,15). The second-order valence-electron chi connectivity index (χ2n) is 3.90. The Balaban J connectivity index is 2.59. The highest BCUT2D eigenvalue weighted by Gasteiger charge is 2.17. The van der Waals surface area contributed by atoms with E-state index in [4.69, 9.17) is 9.52 Å². The SMILES string of the molecule is Cc1oc(C)c(C(=O)NCCCCO)c1C. The number of hydrogen-bond acceptors (Lipinski definition) is 3. The van der Waals surface area contributed by atoms with E-state index in [1.165, 1.54) is 0 Å². The van der Waals surface area contributed by atoms with Crippen LogP contribution in [0.25, 0.3) is 0 Å². The lowest BCUT2D eigenvalue weighted by Crippen LogP contribution is -2.25. The molecular formula is C12H19NO3. The topological polar surface area (TPSA) is 62.5 Å². The van der Waals surface area contributed by atoms with E-state index in [2.05, 4.69) is 5.32 Å². The van der Waals surface area contributed by atoms with Crippen LogP contribution in [-0.4, -0.2) is 24.2 Å². The molecule has 0 saturated heterocycles. The Kier molecular flexibility index (Phi) is 4.55. The van der Waals surface area contributed by atoms with Crippen molar-refractivity contribution < 1.29 is 14.3 Å². The maximum Gasteiger partial charge on any atom is 0.255 e. The van der Waals surface area contributed by atoms with Crippen molar-refractivity contribution in [3.05, 3.63) is 22.6 Å². The van der Waals surface area contributed by atoms with Crippen LogP contribution in [0.1, 0.15) is 40.3 Å². The molecule has 1 amide bonds. The predicted octanol–water partition coefficient (Wildman–Crippen LogP) is 1.71. The molecule has 4 nitrogen and oxygen atoms in total. The van der Waals surface area contributed by atoms with Gasteiger partial charge >= 0.3 is 0 Å². The van der Waals surface area contributed by atoms with Crippen LogP contribution in [0.5, 0.6) is 0 Å². The number of amides is 1. The molecule has 1 aromatic rings. The first-order valence-corrected chi connectivity index (χ1v) is 5.53. The van der Waals surface area contributed by atoms with Gasteiger partial charge in [0.15, 0.2) is 0 Å². The van der Waals surface area contributed by atoms with Gasteiger partial charge in [0.25, 0.3) is 5.91 Å². The van der Waals surface area contributed by atoms with Crippen LogP contribution >= 0.6 is 0 Å². The summed E-state index contributed by atoms with van der Waals surface area (Å²) < 4.78 is 5.39. The molecular weight excluding hydrogens is 206 g/mol. The van der Waals surface area contributed by atoms with E-state index in [0.29, 0.717) is 24.3 Å². The fourth-order valence-corrected chi connectivity index (χ4v) is 1.65. The van der Waals surface area contributed by atoms with E-state index in [-0.39, 0.29) is 12.5 Å². The second kappa shape index (κ2) is 5.70. The van der Waals surface area contributed by atoms with Gasteiger partial charge in [0.05, 0.1) is 5.56 Å². The summed E-state index contributed by atoms with van der Waals surface area (Å²) in [7, 11) is 0. The van der Waals surface area contributed by atoms with E-state index in [1.54, 1.807) is 6.92 Å². The molecule has 2 N–H and O–H groups in total. The highest BCUT2D eigenvalue weighted by molar-refractivity contribution is 5.96. The summed E-state index contributed by atoms with van der Waals surface area (Å²) >= 11 is 0. The number of carbonyl (C=O) groups excluding carboxylic acids is 1. The third-order valence-corrected chi connectivity index (χ3v) is 2.66. The van der Waals surface area contributed by atoms with E-state index < -0.39 is 0 Å². The number of aliphatic hydroxyl groups excluding tert-OH is 1. The predicted molar refractivity (Wildman–Crippen MR) is 61.6 cm³/mol. The van der Waals surface area contributed by atoms with E-state index in [9.17, 15) is 4.79 Å². The van der Waals surface area contributed by atoms with Gasteiger partial charge in [-0.05, 0) is 33.6 Å². The minimum Gasteiger partial charge on any atom is -0.466 e. The molecule has 90 valence electrons. The summed E-state index contributed by atoms with van der Waals surface area (Å²) in [6.07, 6.45) is 1.50. The van der Waals surface area contributed by atoms with Crippen molar-refractivity contribution in [2.75, 3.05) is 13.2 Å². The highest BCUT2D eigenvalue weighted by atomic mass is 16.3. The minimum atomic E-state index is -0.0928. The smallest absolute Gasteiger partial charge is 0.255 e. The Morgan fingerprint density at radius 3 is 2.44 bits per heavy atom. The molecule has 1 aromatic heterocycles. The molecule has 4 heteroatoms. The zero-order chi connectivity index (χ0) is 12.1. The molecule has 0 unspecified atom stereocenters. The average molecular weight is 225 g/mol. The lowest BCUT2D eigenvalue weighted by Gasteiger charge is -2.04. The van der Waals surface area contributed by atoms with Crippen molar-refractivity contribution in [3.63, 3.8) is 0 Å². The summed E-state index contributed by atoms with van der Waals surface area (Å²) in [5, 5.41) is 11.4. The summed E-state index contributed by atoms with van der Waals surface area (Å²) in [5.74, 6) is 1.36. The number of aryl methyl sites for hydroxylation is 2. The van der Waals surface area contributed by atoms with Crippen LogP contribution in [0.4, 0.5) is 0 Å². The molecule has 0 aliphatic heterocycles. The van der Waals surface area contributed by atoms with Crippen molar-refractivity contribution in [3.8, 4) is 0 Å². The number of unbranched alkanes of at least 4 members (excludes halogenated alkanes) is 1. The third-order valence-electron chi connectivity index (χ3n) is 2.66. The van der Waals surface area contributed by atoms with E-state index in [1.807, 2.05) is 13.8 Å². The lowest BCUT2D eigenvalue weighted by molar-refractivity contribution is 0.0950. The first kappa shape index (κ1) is 12.8. The third kappa shape index (κ3) is 2.85. The summed E-state index contributed by atoms with van der Waals surface area (Å²) in [5.41, 5.74) is 1.54. The van der Waals surface area contributed by atoms with Crippen molar-refractivity contribution in [1.82, 2.24) is 5.32 Å². The Morgan fingerprint density at radius 2 is 1.94 bits per heavy atom. The normalized spacial score (nSPS) is 10.5. The molecule has 0 fully saturated rings. The molecule has 1 rings (SSSR count). The number of aliphatic hydroxyl groups is 1. The maximum atomic E-state index is 11.8. The molecule has 1 heterocycles. The van der Waals surface area contributed by atoms with Crippen molar-refractivity contribution >= 4 is 5.91 Å². The zero-order valence-corrected chi connectivity index (χ0v) is 10.1. The molecule has 0 aromatic carbocycles. The molecule has 0 radical (unpaired) electrons. The van der Waals surface area contributed by atoms with Gasteiger partial charge in [-0.2, -0.15) is 0 Å². The van der Waals surface area contributed by atoms with Gasteiger partial charge in [-0.25, -0.2) is 0 Å². The van der Waals surface area contributed by atoms with E-state index >= 15 is 0 Å².